The van der Waals surface area contributed by atoms with Gasteiger partial charge in [0.15, 0.2) is 6.61 Å². The molecule has 3 aromatic rings. The van der Waals surface area contributed by atoms with E-state index in [2.05, 4.69) is 0 Å². The lowest BCUT2D eigenvalue weighted by molar-refractivity contribution is -0.139. The molecular weight excluding hydrogens is 496 g/mol. The molecule has 6 nitrogen and oxygen atoms in total. The summed E-state index contributed by atoms with van der Waals surface area (Å²) in [7, 11) is 0. The Morgan fingerprint density at radius 1 is 1.00 bits per heavy atom. The summed E-state index contributed by atoms with van der Waals surface area (Å²) in [5, 5.41) is 9.35. The summed E-state index contributed by atoms with van der Waals surface area (Å²) in [6.07, 6.45) is -0.951. The summed E-state index contributed by atoms with van der Waals surface area (Å²) >= 11 is 17.9. The van der Waals surface area contributed by atoms with Crippen molar-refractivity contribution in [2.45, 2.75) is 12.1 Å². The molecule has 0 spiro atoms. The number of hydrogen-bond donors (Lipinski definition) is 1. The van der Waals surface area contributed by atoms with Crippen LogP contribution in [0.2, 0.25) is 15.1 Å². The third kappa shape index (κ3) is 4.85. The Bertz CT molecular complexity index is 1220. The van der Waals surface area contributed by atoms with Crippen molar-refractivity contribution in [1.82, 2.24) is 0 Å². The van der Waals surface area contributed by atoms with Crippen molar-refractivity contribution in [3.63, 3.8) is 0 Å². The molecule has 0 radical (unpaired) electrons. The predicted octanol–water partition coefficient (Wildman–Crippen LogP) is 5.78. The summed E-state index contributed by atoms with van der Waals surface area (Å²) in [4.78, 5) is 25.2. The highest BCUT2D eigenvalue weighted by Crippen LogP contribution is 2.43. The van der Waals surface area contributed by atoms with Crippen LogP contribution in [0.4, 0.5) is 10.1 Å². The van der Waals surface area contributed by atoms with Gasteiger partial charge in [0, 0.05) is 10.7 Å². The number of halogens is 4. The maximum atomic E-state index is 14.1. The number of ether oxygens (including phenoxy) is 2. The van der Waals surface area contributed by atoms with E-state index in [-0.39, 0.29) is 15.8 Å². The molecule has 1 aliphatic heterocycles. The van der Waals surface area contributed by atoms with Crippen molar-refractivity contribution in [2.24, 2.45) is 0 Å². The normalized spacial score (nSPS) is 17.5. The van der Waals surface area contributed by atoms with Gasteiger partial charge in [-0.25, -0.2) is 9.18 Å². The van der Waals surface area contributed by atoms with Gasteiger partial charge in [-0.2, -0.15) is 0 Å². The molecule has 1 N–H and O–H groups in total. The van der Waals surface area contributed by atoms with Gasteiger partial charge in [0.25, 0.3) is 5.91 Å². The first-order chi connectivity index (χ1) is 15.7. The molecule has 0 bridgehead atoms. The second kappa shape index (κ2) is 9.47. The lowest BCUT2D eigenvalue weighted by atomic mass is 9.89. The van der Waals surface area contributed by atoms with E-state index in [4.69, 9.17) is 49.4 Å². The first-order valence-corrected chi connectivity index (χ1v) is 10.7. The highest BCUT2D eigenvalue weighted by atomic mass is 35.5. The summed E-state index contributed by atoms with van der Waals surface area (Å²) in [6, 6.07) is 14.6. The van der Waals surface area contributed by atoms with Crippen molar-refractivity contribution < 1.29 is 28.6 Å². The molecule has 1 amide bonds. The Hall–Kier alpha value is -3.00. The molecule has 10 heteroatoms. The number of carboxylic acids is 1. The third-order valence-corrected chi connectivity index (χ3v) is 5.80. The number of carboxylic acid groups (broad SMARTS) is 1. The van der Waals surface area contributed by atoms with Crippen molar-refractivity contribution in [1.29, 1.82) is 0 Å². The van der Waals surface area contributed by atoms with Gasteiger partial charge in [0.05, 0.1) is 10.0 Å². The van der Waals surface area contributed by atoms with Crippen LogP contribution in [0, 0.1) is 5.82 Å². The number of hydrogen-bond acceptors (Lipinski definition) is 4. The molecule has 3 aromatic carbocycles. The molecular formula is C23H15Cl3FNO5. The fourth-order valence-corrected chi connectivity index (χ4v) is 4.01. The average Bonchev–Trinajstić information content (AvgIpc) is 2.78. The topological polar surface area (TPSA) is 76.1 Å². The first-order valence-electron chi connectivity index (χ1n) is 9.59. The van der Waals surface area contributed by atoms with E-state index < -0.39 is 36.4 Å². The smallest absolute Gasteiger partial charge is 0.341 e. The van der Waals surface area contributed by atoms with Gasteiger partial charge in [-0.3, -0.25) is 9.69 Å². The molecule has 4 rings (SSSR count). The maximum Gasteiger partial charge on any atom is 0.341 e. The number of nitrogens with zero attached hydrogens (tertiary/aromatic N) is 1. The monoisotopic (exact) mass is 509 g/mol. The predicted molar refractivity (Wildman–Crippen MR) is 122 cm³/mol. The van der Waals surface area contributed by atoms with Gasteiger partial charge in [0.2, 0.25) is 6.10 Å². The standard InChI is InChI=1S/C23H15Cl3FNO5/c24-13-3-8-19(17(26)9-13)33-22-21(12-1-5-15(6-2-12)32-11-20(29)30)28(23(22)31)14-4-7-16(25)18(27)10-14/h1-10,21-22H,11H2,(H,29,30). The second-order valence-electron chi connectivity index (χ2n) is 7.12. The van der Waals surface area contributed by atoms with E-state index >= 15 is 0 Å². The molecule has 2 atom stereocenters. The molecule has 1 fully saturated rings. The van der Waals surface area contributed by atoms with Gasteiger partial charge < -0.3 is 14.6 Å². The van der Waals surface area contributed by atoms with Gasteiger partial charge >= 0.3 is 5.97 Å². The highest BCUT2D eigenvalue weighted by Gasteiger charge is 2.51. The van der Waals surface area contributed by atoms with Crippen LogP contribution in [0.1, 0.15) is 11.6 Å². The van der Waals surface area contributed by atoms with Gasteiger partial charge in [0.1, 0.15) is 23.4 Å². The van der Waals surface area contributed by atoms with Crippen molar-refractivity contribution >= 4 is 52.4 Å². The number of aliphatic carboxylic acids is 1. The van der Waals surface area contributed by atoms with E-state index in [1.807, 2.05) is 0 Å². The van der Waals surface area contributed by atoms with Crippen molar-refractivity contribution in [2.75, 3.05) is 11.5 Å². The molecule has 1 saturated heterocycles. The number of rotatable bonds is 7. The molecule has 1 aliphatic rings. The van der Waals surface area contributed by atoms with Crippen LogP contribution in [-0.4, -0.2) is 29.7 Å². The molecule has 1 heterocycles. The van der Waals surface area contributed by atoms with E-state index in [0.29, 0.717) is 22.0 Å². The molecule has 0 saturated carbocycles. The van der Waals surface area contributed by atoms with Crippen LogP contribution in [0.5, 0.6) is 11.5 Å². The Labute approximate surface area is 203 Å². The average molecular weight is 511 g/mol. The van der Waals surface area contributed by atoms with Crippen LogP contribution in [-0.2, 0) is 9.59 Å². The molecule has 0 aromatic heterocycles. The first kappa shape index (κ1) is 23.2. The van der Waals surface area contributed by atoms with E-state index in [1.165, 1.54) is 29.2 Å². The number of carbonyl (C=O) groups excluding carboxylic acids is 1. The number of amides is 1. The largest absolute Gasteiger partial charge is 0.482 e. The maximum absolute atomic E-state index is 14.1. The van der Waals surface area contributed by atoms with Gasteiger partial charge in [-0.05, 0) is 54.1 Å². The Morgan fingerprint density at radius 3 is 2.36 bits per heavy atom. The van der Waals surface area contributed by atoms with Crippen LogP contribution < -0.4 is 14.4 Å². The molecule has 170 valence electrons. The number of β-lactam (4-membered cyclic amide) rings is 1. The fraction of sp³-hybridized carbons (Fsp3) is 0.130. The Balaban J connectivity index is 1.66. The minimum atomic E-state index is -1.10. The van der Waals surface area contributed by atoms with Crippen molar-refractivity contribution in [3.05, 3.63) is 87.1 Å². The Kier molecular flexibility index (Phi) is 6.65. The van der Waals surface area contributed by atoms with E-state index in [9.17, 15) is 14.0 Å². The quantitative estimate of drug-likeness (QED) is 0.408. The van der Waals surface area contributed by atoms with Crippen LogP contribution in [0.25, 0.3) is 0 Å². The van der Waals surface area contributed by atoms with Gasteiger partial charge in [-0.1, -0.05) is 46.9 Å². The summed E-state index contributed by atoms with van der Waals surface area (Å²) in [6.45, 7) is -0.488. The zero-order chi connectivity index (χ0) is 23.7. The zero-order valence-corrected chi connectivity index (χ0v) is 18.9. The minimum absolute atomic E-state index is 0.0658. The summed E-state index contributed by atoms with van der Waals surface area (Å²) in [5.74, 6) is -1.56. The highest BCUT2D eigenvalue weighted by molar-refractivity contribution is 6.35. The number of carbonyl (C=O) groups is 2. The van der Waals surface area contributed by atoms with Crippen molar-refractivity contribution in [3.8, 4) is 11.5 Å². The molecule has 0 aliphatic carbocycles. The second-order valence-corrected chi connectivity index (χ2v) is 8.37. The lowest BCUT2D eigenvalue weighted by Crippen LogP contribution is -2.61. The SMILES string of the molecule is O=C(O)COc1ccc(C2C(Oc3ccc(Cl)cc3Cl)C(=O)N2c2ccc(Cl)c(F)c2)cc1. The number of benzene rings is 3. The number of anilines is 1. The van der Waals surface area contributed by atoms with Gasteiger partial charge in [-0.15, -0.1) is 0 Å². The minimum Gasteiger partial charge on any atom is -0.482 e. The summed E-state index contributed by atoms with van der Waals surface area (Å²) in [5.41, 5.74) is 0.961. The van der Waals surface area contributed by atoms with Crippen LogP contribution in [0.3, 0.4) is 0 Å². The van der Waals surface area contributed by atoms with Crippen LogP contribution in [0.15, 0.2) is 60.7 Å². The van der Waals surface area contributed by atoms with Crippen LogP contribution >= 0.6 is 34.8 Å². The molecule has 2 unspecified atom stereocenters. The third-order valence-electron chi connectivity index (χ3n) is 4.96. The van der Waals surface area contributed by atoms with E-state index in [1.54, 1.807) is 36.4 Å². The zero-order valence-electron chi connectivity index (χ0n) is 16.7. The fourth-order valence-electron chi connectivity index (χ4n) is 3.44. The van der Waals surface area contributed by atoms with E-state index in [0.717, 1.165) is 0 Å². The molecule has 33 heavy (non-hydrogen) atoms. The lowest BCUT2D eigenvalue weighted by Gasteiger charge is -2.46. The summed E-state index contributed by atoms with van der Waals surface area (Å²) < 4.78 is 25.2. The Morgan fingerprint density at radius 2 is 1.73 bits per heavy atom.